The number of furan rings is 1. The minimum atomic E-state index is -0.960. The Kier molecular flexibility index (Phi) is 4.58. The molecule has 0 unspecified atom stereocenters. The highest BCUT2D eigenvalue weighted by Crippen LogP contribution is 2.28. The Morgan fingerprint density at radius 1 is 1.35 bits per heavy atom. The molecule has 3 rings (SSSR count). The minimum absolute atomic E-state index is 0.0315. The number of benzene rings is 1. The molecule has 3 aromatic rings. The Labute approximate surface area is 151 Å². The number of aliphatic hydroxyl groups is 1. The highest BCUT2D eigenvalue weighted by atomic mass is 16.3. The van der Waals surface area contributed by atoms with Crippen molar-refractivity contribution in [1.82, 2.24) is 14.8 Å². The van der Waals surface area contributed by atoms with Gasteiger partial charge in [-0.25, -0.2) is 9.67 Å². The van der Waals surface area contributed by atoms with E-state index in [9.17, 15) is 9.90 Å². The molecule has 7 heteroatoms. The van der Waals surface area contributed by atoms with E-state index >= 15 is 0 Å². The molecule has 0 fully saturated rings. The first kappa shape index (κ1) is 18.1. The summed E-state index contributed by atoms with van der Waals surface area (Å²) in [5.74, 6) is 0.528. The van der Waals surface area contributed by atoms with Gasteiger partial charge in [0.25, 0.3) is 0 Å². The van der Waals surface area contributed by atoms with Crippen LogP contribution in [0.2, 0.25) is 0 Å². The summed E-state index contributed by atoms with van der Waals surface area (Å²) in [6, 6.07) is 4.12. The number of fused-ring (bicyclic) bond motifs is 1. The van der Waals surface area contributed by atoms with Crippen molar-refractivity contribution in [3.05, 3.63) is 46.7 Å². The summed E-state index contributed by atoms with van der Waals surface area (Å²) in [5.41, 5.74) is 8.41. The zero-order chi connectivity index (χ0) is 19.1. The number of hydrogen-bond acceptors (Lipinski definition) is 5. The predicted molar refractivity (Wildman–Crippen MR) is 97.7 cm³/mol. The molecular formula is C19H24N4O3. The van der Waals surface area contributed by atoms with Gasteiger partial charge in [0, 0.05) is 17.4 Å². The summed E-state index contributed by atoms with van der Waals surface area (Å²) in [6.07, 6.45) is 2.18. The molecule has 0 spiro atoms. The standard InChI is InChI=1S/C19H24N4O3/c1-11-5-12(2)18-13(9-26-14(18)6-11)7-17-21-16(8-15(20)24)22-23(17)10-19(3,4)25/h5-6,9,25H,7-8,10H2,1-4H3,(H2,20,24). The molecule has 3 N–H and O–H groups in total. The topological polar surface area (TPSA) is 107 Å². The van der Waals surface area contributed by atoms with Crippen LogP contribution in [0.4, 0.5) is 0 Å². The summed E-state index contributed by atoms with van der Waals surface area (Å²) in [6.45, 7) is 7.75. The molecule has 0 saturated heterocycles. The zero-order valence-electron chi connectivity index (χ0n) is 15.5. The lowest BCUT2D eigenvalue weighted by Gasteiger charge is -2.17. The monoisotopic (exact) mass is 356 g/mol. The minimum Gasteiger partial charge on any atom is -0.464 e. The van der Waals surface area contributed by atoms with Crippen LogP contribution < -0.4 is 5.73 Å². The third-order valence-corrected chi connectivity index (χ3v) is 4.10. The van der Waals surface area contributed by atoms with Crippen LogP contribution in [-0.2, 0) is 24.2 Å². The van der Waals surface area contributed by atoms with Crippen molar-refractivity contribution in [1.29, 1.82) is 0 Å². The van der Waals surface area contributed by atoms with Gasteiger partial charge in [0.15, 0.2) is 5.82 Å². The molecule has 2 aromatic heterocycles. The molecule has 0 aliphatic carbocycles. The van der Waals surface area contributed by atoms with E-state index in [1.54, 1.807) is 24.8 Å². The summed E-state index contributed by atoms with van der Waals surface area (Å²) < 4.78 is 7.35. The molecule has 0 atom stereocenters. The number of amides is 1. The predicted octanol–water partition coefficient (Wildman–Crippen LogP) is 2.03. The van der Waals surface area contributed by atoms with Crippen LogP contribution in [0, 0.1) is 13.8 Å². The number of aryl methyl sites for hydroxylation is 2. The maximum atomic E-state index is 11.2. The number of rotatable bonds is 6. The smallest absolute Gasteiger partial charge is 0.225 e. The summed E-state index contributed by atoms with van der Waals surface area (Å²) in [5, 5.41) is 15.6. The highest BCUT2D eigenvalue weighted by molar-refractivity contribution is 5.85. The lowest BCUT2D eigenvalue weighted by atomic mass is 10.0. The fourth-order valence-corrected chi connectivity index (χ4v) is 3.21. The lowest BCUT2D eigenvalue weighted by molar-refractivity contribution is -0.117. The number of carbonyl (C=O) groups is 1. The number of nitrogens with two attached hydrogens (primary N) is 1. The van der Waals surface area contributed by atoms with Crippen molar-refractivity contribution in [2.45, 2.75) is 52.7 Å². The van der Waals surface area contributed by atoms with Crippen LogP contribution in [0.15, 0.2) is 22.8 Å². The molecule has 0 saturated carbocycles. The van der Waals surface area contributed by atoms with Crippen molar-refractivity contribution >= 4 is 16.9 Å². The Morgan fingerprint density at radius 3 is 2.73 bits per heavy atom. The van der Waals surface area contributed by atoms with Crippen LogP contribution in [0.1, 0.15) is 42.2 Å². The van der Waals surface area contributed by atoms with Crippen molar-refractivity contribution in [2.75, 3.05) is 0 Å². The number of hydrogen-bond donors (Lipinski definition) is 2. The summed E-state index contributed by atoms with van der Waals surface area (Å²) in [7, 11) is 0. The molecule has 0 aliphatic heterocycles. The fourth-order valence-electron chi connectivity index (χ4n) is 3.21. The Balaban J connectivity index is 2.01. The fraction of sp³-hybridized carbons (Fsp3) is 0.421. The molecule has 0 radical (unpaired) electrons. The quantitative estimate of drug-likeness (QED) is 0.703. The van der Waals surface area contributed by atoms with Crippen molar-refractivity contribution in [3.8, 4) is 0 Å². The second-order valence-electron chi connectivity index (χ2n) is 7.45. The number of aromatic nitrogens is 3. The molecule has 0 aliphatic rings. The van der Waals surface area contributed by atoms with E-state index in [1.165, 1.54) is 0 Å². The third-order valence-electron chi connectivity index (χ3n) is 4.10. The molecule has 2 heterocycles. The second-order valence-corrected chi connectivity index (χ2v) is 7.45. The average molecular weight is 356 g/mol. The molecular weight excluding hydrogens is 332 g/mol. The van der Waals surface area contributed by atoms with E-state index in [2.05, 4.69) is 23.1 Å². The number of nitrogens with zero attached hydrogens (tertiary/aromatic N) is 3. The van der Waals surface area contributed by atoms with Crippen molar-refractivity contribution < 1.29 is 14.3 Å². The van der Waals surface area contributed by atoms with E-state index in [0.29, 0.717) is 18.1 Å². The van der Waals surface area contributed by atoms with Gasteiger partial charge in [0.05, 0.1) is 24.8 Å². The SMILES string of the molecule is Cc1cc(C)c2c(Cc3nc(CC(N)=O)nn3CC(C)(C)O)coc2c1. The Morgan fingerprint density at radius 2 is 2.08 bits per heavy atom. The van der Waals surface area contributed by atoms with Gasteiger partial charge in [-0.05, 0) is 44.9 Å². The van der Waals surface area contributed by atoms with Gasteiger partial charge < -0.3 is 15.3 Å². The van der Waals surface area contributed by atoms with Crippen molar-refractivity contribution in [3.63, 3.8) is 0 Å². The summed E-state index contributed by atoms with van der Waals surface area (Å²) in [4.78, 5) is 15.7. The Hall–Kier alpha value is -2.67. The maximum absolute atomic E-state index is 11.2. The largest absolute Gasteiger partial charge is 0.464 e. The average Bonchev–Trinajstić information content (AvgIpc) is 3.01. The normalized spacial score (nSPS) is 12.0. The zero-order valence-corrected chi connectivity index (χ0v) is 15.5. The van der Waals surface area contributed by atoms with Gasteiger partial charge in [-0.3, -0.25) is 4.79 Å². The maximum Gasteiger partial charge on any atom is 0.225 e. The van der Waals surface area contributed by atoms with Gasteiger partial charge in [-0.2, -0.15) is 5.10 Å². The van der Waals surface area contributed by atoms with Gasteiger partial charge in [0.2, 0.25) is 5.91 Å². The van der Waals surface area contributed by atoms with Crippen LogP contribution in [0.5, 0.6) is 0 Å². The van der Waals surface area contributed by atoms with Crippen LogP contribution in [0.25, 0.3) is 11.0 Å². The van der Waals surface area contributed by atoms with Gasteiger partial charge in [0.1, 0.15) is 11.4 Å². The molecule has 1 amide bonds. The first-order valence-electron chi connectivity index (χ1n) is 8.53. The first-order valence-corrected chi connectivity index (χ1v) is 8.53. The van der Waals surface area contributed by atoms with Crippen molar-refractivity contribution in [2.24, 2.45) is 5.73 Å². The molecule has 138 valence electrons. The third kappa shape index (κ3) is 3.94. The second kappa shape index (κ2) is 6.57. The van der Waals surface area contributed by atoms with Crippen LogP contribution >= 0.6 is 0 Å². The molecule has 1 aromatic carbocycles. The summed E-state index contributed by atoms with van der Waals surface area (Å²) >= 11 is 0. The van der Waals surface area contributed by atoms with E-state index in [1.807, 2.05) is 13.0 Å². The van der Waals surface area contributed by atoms with E-state index < -0.39 is 11.5 Å². The number of primary amides is 1. The van der Waals surface area contributed by atoms with Crippen LogP contribution in [-0.4, -0.2) is 31.4 Å². The van der Waals surface area contributed by atoms with E-state index in [0.717, 1.165) is 27.7 Å². The van der Waals surface area contributed by atoms with E-state index in [4.69, 9.17) is 10.2 Å². The van der Waals surface area contributed by atoms with E-state index in [-0.39, 0.29) is 13.0 Å². The van der Waals surface area contributed by atoms with Crippen LogP contribution in [0.3, 0.4) is 0 Å². The number of carbonyl (C=O) groups excluding carboxylic acids is 1. The molecule has 0 bridgehead atoms. The van der Waals surface area contributed by atoms with Gasteiger partial charge in [-0.15, -0.1) is 0 Å². The molecule has 26 heavy (non-hydrogen) atoms. The van der Waals surface area contributed by atoms with Gasteiger partial charge >= 0.3 is 0 Å². The Bertz CT molecular complexity index is 963. The first-order chi connectivity index (χ1) is 12.1. The van der Waals surface area contributed by atoms with Gasteiger partial charge in [-0.1, -0.05) is 6.07 Å². The highest BCUT2D eigenvalue weighted by Gasteiger charge is 2.21. The molecule has 7 nitrogen and oxygen atoms in total. The lowest BCUT2D eigenvalue weighted by Crippen LogP contribution is -2.28.